The van der Waals surface area contributed by atoms with Gasteiger partial charge >= 0.3 is 0 Å². The van der Waals surface area contributed by atoms with E-state index in [4.69, 9.17) is 4.98 Å². The number of fused-ring (bicyclic) bond motifs is 2. The monoisotopic (exact) mass is 459 g/mol. The molecule has 0 amide bonds. The molecule has 0 aliphatic carbocycles. The first kappa shape index (κ1) is 23.0. The molecule has 0 saturated carbocycles. The number of rotatable bonds is 6. The molecule has 1 fully saturated rings. The maximum absolute atomic E-state index is 5.35. The molecule has 0 atom stereocenters. The second-order valence-electron chi connectivity index (χ2n) is 10.5. The number of aryl methyl sites for hydroxylation is 2. The maximum Gasteiger partial charge on any atom is 0.158 e. The van der Waals surface area contributed by atoms with E-state index in [1.807, 2.05) is 4.52 Å². The average molecular weight is 460 g/mol. The summed E-state index contributed by atoms with van der Waals surface area (Å²) in [5, 5.41) is 4.38. The van der Waals surface area contributed by atoms with Crippen LogP contribution in [0.1, 0.15) is 60.9 Å². The molecule has 4 aromatic heterocycles. The van der Waals surface area contributed by atoms with Gasteiger partial charge in [-0.2, -0.15) is 5.10 Å². The predicted octanol–water partition coefficient (Wildman–Crippen LogP) is 4.75. The minimum Gasteiger partial charge on any atom is -0.353 e. The zero-order chi connectivity index (χ0) is 24.0. The Labute approximate surface area is 202 Å². The van der Waals surface area contributed by atoms with Crippen molar-refractivity contribution >= 4 is 16.7 Å². The Balaban J connectivity index is 1.51. The summed E-state index contributed by atoms with van der Waals surface area (Å²) in [6, 6.07) is 4.52. The van der Waals surface area contributed by atoms with E-state index in [-0.39, 0.29) is 0 Å². The first-order valence-electron chi connectivity index (χ1n) is 12.5. The van der Waals surface area contributed by atoms with Crippen LogP contribution in [-0.2, 0) is 0 Å². The molecule has 7 heteroatoms. The van der Waals surface area contributed by atoms with Gasteiger partial charge in [0.25, 0.3) is 0 Å². The Hall–Kier alpha value is -2.77. The van der Waals surface area contributed by atoms with Crippen molar-refractivity contribution in [2.24, 2.45) is 0 Å². The Bertz CT molecular complexity index is 1310. The molecular weight excluding hydrogens is 422 g/mol. The second-order valence-corrected chi connectivity index (χ2v) is 10.5. The minimum absolute atomic E-state index is 0.353. The lowest BCUT2D eigenvalue weighted by Crippen LogP contribution is -2.37. The normalized spacial score (nSPS) is 16.0. The quantitative estimate of drug-likeness (QED) is 0.451. The summed E-state index contributed by atoms with van der Waals surface area (Å²) in [5.41, 5.74) is 10.4. The van der Waals surface area contributed by atoms with Crippen LogP contribution in [-0.4, -0.2) is 74.6 Å². The zero-order valence-corrected chi connectivity index (χ0v) is 21.4. The van der Waals surface area contributed by atoms with Gasteiger partial charge in [0.1, 0.15) is 6.33 Å². The molecule has 5 rings (SSSR count). The van der Waals surface area contributed by atoms with Gasteiger partial charge in [0, 0.05) is 42.0 Å². The van der Waals surface area contributed by atoms with Crippen molar-refractivity contribution in [1.29, 1.82) is 0 Å². The summed E-state index contributed by atoms with van der Waals surface area (Å²) in [6.07, 6.45) is 6.05. The van der Waals surface area contributed by atoms with Crippen molar-refractivity contribution < 1.29 is 0 Å². The molecule has 34 heavy (non-hydrogen) atoms. The van der Waals surface area contributed by atoms with Crippen LogP contribution in [0.5, 0.6) is 0 Å². The van der Waals surface area contributed by atoms with E-state index in [1.165, 1.54) is 29.7 Å². The highest BCUT2D eigenvalue weighted by molar-refractivity contribution is 5.89. The lowest BCUT2D eigenvalue weighted by atomic mass is 9.90. The Morgan fingerprint density at radius 2 is 1.88 bits per heavy atom. The lowest BCUT2D eigenvalue weighted by molar-refractivity contribution is 0.192. The maximum atomic E-state index is 5.35. The van der Waals surface area contributed by atoms with Crippen LogP contribution in [0.25, 0.3) is 27.9 Å². The van der Waals surface area contributed by atoms with Crippen molar-refractivity contribution in [2.45, 2.75) is 52.4 Å². The van der Waals surface area contributed by atoms with Crippen LogP contribution in [0.3, 0.4) is 0 Å². The third kappa shape index (κ3) is 4.23. The number of likely N-dealkylation sites (N-methyl/N-ethyl adjacent to an activating group) is 1. The van der Waals surface area contributed by atoms with Crippen molar-refractivity contribution in [3.05, 3.63) is 47.0 Å². The van der Waals surface area contributed by atoms with Gasteiger partial charge in [-0.25, -0.2) is 9.50 Å². The number of nitrogens with one attached hydrogen (secondary N) is 1. The highest BCUT2D eigenvalue weighted by Gasteiger charge is 2.25. The first-order chi connectivity index (χ1) is 16.3. The molecule has 0 radical (unpaired) electrons. The van der Waals surface area contributed by atoms with E-state index >= 15 is 0 Å². The van der Waals surface area contributed by atoms with Crippen molar-refractivity contribution in [1.82, 2.24) is 34.4 Å². The number of pyridine rings is 2. The summed E-state index contributed by atoms with van der Waals surface area (Å²) < 4.78 is 1.87. The molecule has 1 aliphatic rings. The van der Waals surface area contributed by atoms with E-state index in [2.05, 4.69) is 85.0 Å². The van der Waals surface area contributed by atoms with E-state index in [0.717, 1.165) is 59.7 Å². The number of likely N-dealkylation sites (tertiary alicyclic amines) is 1. The van der Waals surface area contributed by atoms with Gasteiger partial charge in [-0.3, -0.25) is 4.98 Å². The van der Waals surface area contributed by atoms with Crippen LogP contribution >= 0.6 is 0 Å². The van der Waals surface area contributed by atoms with Gasteiger partial charge < -0.3 is 14.8 Å². The first-order valence-corrected chi connectivity index (χ1v) is 12.5. The number of nitrogens with zero attached hydrogens (tertiary/aromatic N) is 6. The molecule has 180 valence electrons. The van der Waals surface area contributed by atoms with Gasteiger partial charge in [-0.05, 0) is 83.1 Å². The standard InChI is InChI=1S/C27H37N7/c1-17(2)23-25(21-13-19(4)27-28-16-29-34(27)15-21)30-22-14-18(3)24(31-26(22)23)20-7-9-33(10-8-20)12-11-32(5)6/h13-17,20,30H,7-12H2,1-6H3. The molecule has 0 spiro atoms. The van der Waals surface area contributed by atoms with Gasteiger partial charge in [0.05, 0.1) is 16.7 Å². The molecule has 1 saturated heterocycles. The third-order valence-corrected chi connectivity index (χ3v) is 7.30. The van der Waals surface area contributed by atoms with Crippen LogP contribution in [0, 0.1) is 13.8 Å². The summed E-state index contributed by atoms with van der Waals surface area (Å²) in [4.78, 5) is 18.3. The van der Waals surface area contributed by atoms with Gasteiger partial charge in [-0.15, -0.1) is 0 Å². The summed E-state index contributed by atoms with van der Waals surface area (Å²) in [7, 11) is 4.30. The Morgan fingerprint density at radius 3 is 2.59 bits per heavy atom. The molecule has 1 N–H and O–H groups in total. The largest absolute Gasteiger partial charge is 0.353 e. The van der Waals surface area contributed by atoms with Crippen molar-refractivity contribution in [3.63, 3.8) is 0 Å². The molecule has 0 aromatic carbocycles. The van der Waals surface area contributed by atoms with E-state index in [9.17, 15) is 0 Å². The molecule has 4 aromatic rings. The molecule has 0 bridgehead atoms. The van der Waals surface area contributed by atoms with Gasteiger partial charge in [-0.1, -0.05) is 13.8 Å². The Morgan fingerprint density at radius 1 is 1.12 bits per heavy atom. The highest BCUT2D eigenvalue weighted by Crippen LogP contribution is 2.38. The predicted molar refractivity (Wildman–Crippen MR) is 139 cm³/mol. The smallest absolute Gasteiger partial charge is 0.158 e. The number of H-pyrrole nitrogens is 1. The Kier molecular flexibility index (Phi) is 6.16. The molecule has 5 heterocycles. The van der Waals surface area contributed by atoms with Gasteiger partial charge in [0.15, 0.2) is 5.65 Å². The SMILES string of the molecule is Cc1cc2[nH]c(-c3cc(C)c4ncnn4c3)c(C(C)C)c2nc1C1CCN(CCN(C)C)CC1. The highest BCUT2D eigenvalue weighted by atomic mass is 15.3. The molecular formula is C27H37N7. The third-order valence-electron chi connectivity index (χ3n) is 7.30. The average Bonchev–Trinajstić information content (AvgIpc) is 3.42. The summed E-state index contributed by atoms with van der Waals surface area (Å²) >= 11 is 0. The molecule has 7 nitrogen and oxygen atoms in total. The summed E-state index contributed by atoms with van der Waals surface area (Å²) in [5.74, 6) is 0.888. The molecule has 1 aliphatic heterocycles. The number of hydrogen-bond acceptors (Lipinski definition) is 5. The lowest BCUT2D eigenvalue weighted by Gasteiger charge is -2.33. The van der Waals surface area contributed by atoms with Crippen LogP contribution in [0.4, 0.5) is 0 Å². The summed E-state index contributed by atoms with van der Waals surface area (Å²) in [6.45, 7) is 13.4. The van der Waals surface area contributed by atoms with E-state index in [1.54, 1.807) is 6.33 Å². The van der Waals surface area contributed by atoms with E-state index < -0.39 is 0 Å². The van der Waals surface area contributed by atoms with E-state index in [0.29, 0.717) is 11.8 Å². The second kappa shape index (κ2) is 9.12. The topological polar surface area (TPSA) is 65.4 Å². The number of aromatic nitrogens is 5. The fourth-order valence-electron chi connectivity index (χ4n) is 5.45. The number of hydrogen-bond donors (Lipinski definition) is 1. The van der Waals surface area contributed by atoms with Crippen LogP contribution in [0.15, 0.2) is 24.7 Å². The zero-order valence-electron chi connectivity index (χ0n) is 21.4. The number of piperidine rings is 1. The number of aromatic amines is 1. The van der Waals surface area contributed by atoms with Crippen molar-refractivity contribution in [3.8, 4) is 11.3 Å². The minimum atomic E-state index is 0.353. The molecule has 0 unspecified atom stereocenters. The van der Waals surface area contributed by atoms with Gasteiger partial charge in [0.2, 0.25) is 0 Å². The van der Waals surface area contributed by atoms with Crippen LogP contribution < -0.4 is 0 Å². The fourth-order valence-corrected chi connectivity index (χ4v) is 5.45. The van der Waals surface area contributed by atoms with Crippen molar-refractivity contribution in [2.75, 3.05) is 40.3 Å². The van der Waals surface area contributed by atoms with Crippen LogP contribution in [0.2, 0.25) is 0 Å². The fraction of sp³-hybridized carbons (Fsp3) is 0.519.